The van der Waals surface area contributed by atoms with Crippen LogP contribution in [0.4, 0.5) is 0 Å². The lowest BCUT2D eigenvalue weighted by atomic mass is 10.1. The number of hydrogen-bond donors (Lipinski definition) is 2. The Morgan fingerprint density at radius 2 is 1.96 bits per heavy atom. The van der Waals surface area contributed by atoms with Gasteiger partial charge in [-0.05, 0) is 37.5 Å². The molecular weight excluding hydrogens is 332 g/mol. The van der Waals surface area contributed by atoms with Crippen LogP contribution in [0.25, 0.3) is 0 Å². The van der Waals surface area contributed by atoms with Gasteiger partial charge in [-0.25, -0.2) is 4.79 Å². The highest BCUT2D eigenvalue weighted by atomic mass is 32.2. The maximum absolute atomic E-state index is 12.4. The summed E-state index contributed by atoms with van der Waals surface area (Å²) in [6.07, 6.45) is 1.19. The monoisotopic (exact) mass is 354 g/mol. The van der Waals surface area contributed by atoms with Crippen molar-refractivity contribution in [2.24, 2.45) is 5.73 Å². The molecule has 7 nitrogen and oxygen atoms in total. The number of ether oxygens (including phenoxy) is 2. The second-order valence-electron chi connectivity index (χ2n) is 4.99. The van der Waals surface area contributed by atoms with Gasteiger partial charge in [-0.15, -0.1) is 0 Å². The summed E-state index contributed by atoms with van der Waals surface area (Å²) in [7, 11) is 1.46. The van der Waals surface area contributed by atoms with Crippen molar-refractivity contribution < 1.29 is 23.9 Å². The summed E-state index contributed by atoms with van der Waals surface area (Å²) in [6, 6.07) is 5.80. The van der Waals surface area contributed by atoms with Gasteiger partial charge in [0.15, 0.2) is 6.10 Å². The Balaban J connectivity index is 2.86. The number of benzene rings is 1. The number of thioether (sulfide) groups is 1. The first-order chi connectivity index (χ1) is 11.4. The predicted molar refractivity (Wildman–Crippen MR) is 92.0 cm³/mol. The fourth-order valence-electron chi connectivity index (χ4n) is 1.87. The molecule has 3 N–H and O–H groups in total. The van der Waals surface area contributed by atoms with Crippen LogP contribution in [0.5, 0.6) is 5.75 Å². The molecule has 24 heavy (non-hydrogen) atoms. The average molecular weight is 354 g/mol. The molecule has 0 aromatic heterocycles. The van der Waals surface area contributed by atoms with Crippen LogP contribution in [-0.2, 0) is 14.3 Å². The Kier molecular flexibility index (Phi) is 8.11. The Morgan fingerprint density at radius 3 is 2.54 bits per heavy atom. The summed E-state index contributed by atoms with van der Waals surface area (Å²) >= 11 is 1.53. The molecule has 0 aliphatic heterocycles. The van der Waals surface area contributed by atoms with Crippen molar-refractivity contribution in [3.8, 4) is 5.75 Å². The van der Waals surface area contributed by atoms with E-state index in [1.165, 1.54) is 25.8 Å². The molecule has 8 heteroatoms. The van der Waals surface area contributed by atoms with E-state index in [4.69, 9.17) is 15.2 Å². The SMILES string of the molecule is COc1ccccc1C(=O)N[C@H](CCSC)C(=O)O[C@@H](C)C(N)=O. The van der Waals surface area contributed by atoms with Gasteiger partial charge in [0.1, 0.15) is 11.8 Å². The van der Waals surface area contributed by atoms with E-state index < -0.39 is 29.9 Å². The zero-order valence-electron chi connectivity index (χ0n) is 13.9. The standard InChI is InChI=1S/C16H22N2O5S/c1-10(14(17)19)23-16(21)12(8-9-24-3)18-15(20)11-6-4-5-7-13(11)22-2/h4-7,10,12H,8-9H2,1-3H3,(H2,17,19)(H,18,20)/t10-,12+/m0/s1. The maximum atomic E-state index is 12.4. The van der Waals surface area contributed by atoms with Gasteiger partial charge in [0, 0.05) is 0 Å². The number of nitrogens with one attached hydrogen (secondary N) is 1. The smallest absolute Gasteiger partial charge is 0.329 e. The normalized spacial score (nSPS) is 12.8. The first-order valence-corrected chi connectivity index (χ1v) is 8.72. The molecule has 0 radical (unpaired) electrons. The number of carbonyl (C=O) groups is 3. The molecule has 2 amide bonds. The van der Waals surface area contributed by atoms with Crippen LogP contribution in [-0.4, -0.2) is 49.0 Å². The molecule has 1 aromatic carbocycles. The van der Waals surface area contributed by atoms with Crippen molar-refractivity contribution in [3.63, 3.8) is 0 Å². The van der Waals surface area contributed by atoms with Crippen LogP contribution >= 0.6 is 11.8 Å². The van der Waals surface area contributed by atoms with E-state index in [1.807, 2.05) is 6.26 Å². The van der Waals surface area contributed by atoms with Crippen LogP contribution in [0.15, 0.2) is 24.3 Å². The molecule has 0 saturated heterocycles. The number of esters is 1. The second-order valence-corrected chi connectivity index (χ2v) is 5.97. The first-order valence-electron chi connectivity index (χ1n) is 7.33. The molecule has 1 aromatic rings. The van der Waals surface area contributed by atoms with E-state index in [0.29, 0.717) is 23.5 Å². The molecule has 2 atom stereocenters. The van der Waals surface area contributed by atoms with Gasteiger partial charge >= 0.3 is 5.97 Å². The highest BCUT2D eigenvalue weighted by Gasteiger charge is 2.26. The number of para-hydroxylation sites is 1. The second kappa shape index (κ2) is 9.82. The Bertz CT molecular complexity index is 594. The van der Waals surface area contributed by atoms with E-state index in [2.05, 4.69) is 5.32 Å². The molecule has 0 spiro atoms. The summed E-state index contributed by atoms with van der Waals surface area (Å²) in [5.74, 6) is -0.863. The molecule has 0 fully saturated rings. The molecule has 0 unspecified atom stereocenters. The zero-order chi connectivity index (χ0) is 18.1. The maximum Gasteiger partial charge on any atom is 0.329 e. The number of rotatable bonds is 9. The highest BCUT2D eigenvalue weighted by Crippen LogP contribution is 2.17. The van der Waals surface area contributed by atoms with Crippen molar-refractivity contribution in [2.75, 3.05) is 19.1 Å². The van der Waals surface area contributed by atoms with Gasteiger partial charge in [0.25, 0.3) is 11.8 Å². The van der Waals surface area contributed by atoms with E-state index >= 15 is 0 Å². The van der Waals surface area contributed by atoms with Crippen LogP contribution in [0, 0.1) is 0 Å². The van der Waals surface area contributed by atoms with Crippen LogP contribution in [0.3, 0.4) is 0 Å². The van der Waals surface area contributed by atoms with Crippen molar-refractivity contribution in [3.05, 3.63) is 29.8 Å². The van der Waals surface area contributed by atoms with E-state index in [9.17, 15) is 14.4 Å². The molecule has 0 aliphatic rings. The Labute approximate surface area is 145 Å². The fraction of sp³-hybridized carbons (Fsp3) is 0.438. The van der Waals surface area contributed by atoms with Crippen molar-refractivity contribution in [1.82, 2.24) is 5.32 Å². The van der Waals surface area contributed by atoms with Gasteiger partial charge in [-0.1, -0.05) is 12.1 Å². The largest absolute Gasteiger partial charge is 0.496 e. The summed E-state index contributed by atoms with van der Waals surface area (Å²) in [5.41, 5.74) is 5.40. The lowest BCUT2D eigenvalue weighted by molar-refractivity contribution is -0.155. The lowest BCUT2D eigenvalue weighted by Crippen LogP contribution is -2.44. The predicted octanol–water partition coefficient (Wildman–Crippen LogP) is 0.964. The van der Waals surface area contributed by atoms with E-state index in [1.54, 1.807) is 24.3 Å². The lowest BCUT2D eigenvalue weighted by Gasteiger charge is -2.19. The van der Waals surface area contributed by atoms with Crippen LogP contribution in [0.1, 0.15) is 23.7 Å². The highest BCUT2D eigenvalue weighted by molar-refractivity contribution is 7.98. The summed E-state index contributed by atoms with van der Waals surface area (Å²) in [5, 5.41) is 2.63. The molecule has 132 valence electrons. The van der Waals surface area contributed by atoms with Crippen molar-refractivity contribution in [1.29, 1.82) is 0 Å². The summed E-state index contributed by atoms with van der Waals surface area (Å²) < 4.78 is 10.1. The third kappa shape index (κ3) is 5.77. The minimum Gasteiger partial charge on any atom is -0.496 e. The molecule has 1 rings (SSSR count). The first kappa shape index (κ1) is 19.8. The molecule has 0 aliphatic carbocycles. The number of nitrogens with two attached hydrogens (primary N) is 1. The molecule has 0 saturated carbocycles. The summed E-state index contributed by atoms with van der Waals surface area (Å²) in [6.45, 7) is 1.38. The number of methoxy groups -OCH3 is 1. The topological polar surface area (TPSA) is 108 Å². The quantitative estimate of drug-likeness (QED) is 0.640. The van der Waals surface area contributed by atoms with E-state index in [0.717, 1.165) is 0 Å². The van der Waals surface area contributed by atoms with Crippen molar-refractivity contribution >= 4 is 29.5 Å². The Hall–Kier alpha value is -2.22. The third-order valence-corrected chi connectivity index (χ3v) is 3.89. The zero-order valence-corrected chi connectivity index (χ0v) is 14.7. The fourth-order valence-corrected chi connectivity index (χ4v) is 2.34. The number of hydrogen-bond acceptors (Lipinski definition) is 6. The van der Waals surface area contributed by atoms with Crippen LogP contribution < -0.4 is 15.8 Å². The molecule has 0 bridgehead atoms. The third-order valence-electron chi connectivity index (χ3n) is 3.25. The van der Waals surface area contributed by atoms with Gasteiger partial charge in [-0.3, -0.25) is 9.59 Å². The summed E-state index contributed by atoms with van der Waals surface area (Å²) in [4.78, 5) is 35.7. The Morgan fingerprint density at radius 1 is 1.29 bits per heavy atom. The minimum atomic E-state index is -1.06. The number of amides is 2. The molecule has 0 heterocycles. The number of carbonyl (C=O) groups excluding carboxylic acids is 3. The minimum absolute atomic E-state index is 0.310. The van der Waals surface area contributed by atoms with E-state index in [-0.39, 0.29) is 0 Å². The van der Waals surface area contributed by atoms with Crippen LogP contribution in [0.2, 0.25) is 0 Å². The van der Waals surface area contributed by atoms with Crippen molar-refractivity contribution in [2.45, 2.75) is 25.5 Å². The average Bonchev–Trinajstić information content (AvgIpc) is 2.57. The van der Waals surface area contributed by atoms with Gasteiger partial charge in [0.2, 0.25) is 0 Å². The number of primary amides is 1. The van der Waals surface area contributed by atoms with Gasteiger partial charge in [0.05, 0.1) is 12.7 Å². The van der Waals surface area contributed by atoms with Gasteiger partial charge < -0.3 is 20.5 Å². The molecular formula is C16H22N2O5S. The van der Waals surface area contributed by atoms with Gasteiger partial charge in [-0.2, -0.15) is 11.8 Å².